The maximum atomic E-state index is 11.0. The van der Waals surface area contributed by atoms with Gasteiger partial charge in [0, 0.05) is 13.1 Å². The molecule has 1 aromatic rings. The van der Waals surface area contributed by atoms with Crippen LogP contribution in [-0.2, 0) is 0 Å². The second-order valence-electron chi connectivity index (χ2n) is 4.86. The molecule has 0 bridgehead atoms. The van der Waals surface area contributed by atoms with E-state index in [9.17, 15) is 4.79 Å². The minimum Gasteiger partial charge on any atom is -0.495 e. The van der Waals surface area contributed by atoms with Crippen molar-refractivity contribution in [3.63, 3.8) is 0 Å². The predicted octanol–water partition coefficient (Wildman–Crippen LogP) is 2.63. The van der Waals surface area contributed by atoms with Gasteiger partial charge in [0.25, 0.3) is 0 Å². The number of nitrogens with zero attached hydrogens (tertiary/aromatic N) is 1. The minimum atomic E-state index is -0.899. The Labute approximate surface area is 107 Å². The quantitative estimate of drug-likeness (QED) is 0.894. The molecule has 0 saturated carbocycles. The molecule has 1 saturated heterocycles. The van der Waals surface area contributed by atoms with Gasteiger partial charge in [0.1, 0.15) is 5.75 Å². The largest absolute Gasteiger partial charge is 0.495 e. The second-order valence-corrected chi connectivity index (χ2v) is 4.86. The molecule has 2 rings (SSSR count). The summed E-state index contributed by atoms with van der Waals surface area (Å²) >= 11 is 0. The van der Waals surface area contributed by atoms with Crippen molar-refractivity contribution >= 4 is 11.7 Å². The van der Waals surface area contributed by atoms with Gasteiger partial charge in [-0.2, -0.15) is 0 Å². The Morgan fingerprint density at radius 1 is 1.39 bits per heavy atom. The summed E-state index contributed by atoms with van der Waals surface area (Å²) in [4.78, 5) is 13.2. The lowest BCUT2D eigenvalue weighted by Crippen LogP contribution is -2.33. The molecular formula is C14H19NO3. The van der Waals surface area contributed by atoms with E-state index in [-0.39, 0.29) is 0 Å². The van der Waals surface area contributed by atoms with Crippen molar-refractivity contribution in [3.05, 3.63) is 23.8 Å². The third kappa shape index (κ3) is 2.58. The Hall–Kier alpha value is -1.71. The number of hydrogen-bond acceptors (Lipinski definition) is 3. The van der Waals surface area contributed by atoms with Crippen molar-refractivity contribution in [1.29, 1.82) is 0 Å². The standard InChI is InChI=1S/C14H19NO3/c1-10-5-7-15(8-6-10)12-9-11(14(16)17)3-4-13(12)18-2/h3-4,9-10H,5-8H2,1-2H3,(H,16,17). The van der Waals surface area contributed by atoms with Crippen LogP contribution < -0.4 is 9.64 Å². The Morgan fingerprint density at radius 2 is 2.06 bits per heavy atom. The second kappa shape index (κ2) is 5.29. The smallest absolute Gasteiger partial charge is 0.335 e. The van der Waals surface area contributed by atoms with Crippen LogP contribution in [0.1, 0.15) is 30.1 Å². The molecule has 1 aromatic carbocycles. The number of ether oxygens (including phenoxy) is 1. The fraction of sp³-hybridized carbons (Fsp3) is 0.500. The zero-order chi connectivity index (χ0) is 13.1. The van der Waals surface area contributed by atoms with E-state index in [0.29, 0.717) is 5.56 Å². The van der Waals surface area contributed by atoms with E-state index in [2.05, 4.69) is 11.8 Å². The molecule has 0 radical (unpaired) electrons. The average Bonchev–Trinajstić information content (AvgIpc) is 2.39. The predicted molar refractivity (Wildman–Crippen MR) is 70.6 cm³/mol. The highest BCUT2D eigenvalue weighted by Gasteiger charge is 2.20. The van der Waals surface area contributed by atoms with Gasteiger partial charge in [0.15, 0.2) is 0 Å². The molecule has 0 atom stereocenters. The van der Waals surface area contributed by atoms with Crippen molar-refractivity contribution in [2.45, 2.75) is 19.8 Å². The fourth-order valence-corrected chi connectivity index (χ4v) is 2.32. The van der Waals surface area contributed by atoms with Crippen molar-refractivity contribution < 1.29 is 14.6 Å². The van der Waals surface area contributed by atoms with Crippen LogP contribution in [0.4, 0.5) is 5.69 Å². The van der Waals surface area contributed by atoms with Gasteiger partial charge in [-0.05, 0) is 37.0 Å². The Morgan fingerprint density at radius 3 is 2.61 bits per heavy atom. The first-order valence-electron chi connectivity index (χ1n) is 6.28. The Kier molecular flexibility index (Phi) is 3.75. The summed E-state index contributed by atoms with van der Waals surface area (Å²) in [7, 11) is 1.62. The van der Waals surface area contributed by atoms with Crippen LogP contribution in [0.5, 0.6) is 5.75 Å². The number of benzene rings is 1. The average molecular weight is 249 g/mol. The number of carboxylic acids is 1. The van der Waals surface area contributed by atoms with E-state index in [0.717, 1.165) is 43.3 Å². The first-order chi connectivity index (χ1) is 8.61. The van der Waals surface area contributed by atoms with Gasteiger partial charge in [-0.25, -0.2) is 4.79 Å². The monoisotopic (exact) mass is 249 g/mol. The lowest BCUT2D eigenvalue weighted by atomic mass is 9.98. The van der Waals surface area contributed by atoms with Crippen LogP contribution in [-0.4, -0.2) is 31.3 Å². The van der Waals surface area contributed by atoms with Gasteiger partial charge < -0.3 is 14.7 Å². The maximum Gasteiger partial charge on any atom is 0.335 e. The maximum absolute atomic E-state index is 11.0. The number of carbonyl (C=O) groups is 1. The van der Waals surface area contributed by atoms with Gasteiger partial charge in [-0.15, -0.1) is 0 Å². The van der Waals surface area contributed by atoms with Gasteiger partial charge in [0.05, 0.1) is 18.4 Å². The Balaban J connectivity index is 2.29. The summed E-state index contributed by atoms with van der Waals surface area (Å²) in [5.41, 5.74) is 1.20. The third-order valence-electron chi connectivity index (χ3n) is 3.55. The third-order valence-corrected chi connectivity index (χ3v) is 3.55. The normalized spacial score (nSPS) is 16.7. The zero-order valence-electron chi connectivity index (χ0n) is 10.8. The van der Waals surface area contributed by atoms with E-state index < -0.39 is 5.97 Å². The van der Waals surface area contributed by atoms with Gasteiger partial charge >= 0.3 is 5.97 Å². The molecular weight excluding hydrogens is 230 g/mol. The number of anilines is 1. The molecule has 1 heterocycles. The first-order valence-corrected chi connectivity index (χ1v) is 6.28. The van der Waals surface area contributed by atoms with Crippen molar-refractivity contribution in [1.82, 2.24) is 0 Å². The van der Waals surface area contributed by atoms with Gasteiger partial charge in [-0.1, -0.05) is 6.92 Å². The van der Waals surface area contributed by atoms with Crippen LogP contribution in [0.3, 0.4) is 0 Å². The number of hydrogen-bond donors (Lipinski definition) is 1. The molecule has 4 nitrogen and oxygen atoms in total. The number of rotatable bonds is 3. The molecule has 0 aliphatic carbocycles. The van der Waals surface area contributed by atoms with Crippen molar-refractivity contribution in [3.8, 4) is 5.75 Å². The topological polar surface area (TPSA) is 49.8 Å². The van der Waals surface area contributed by atoms with E-state index in [1.807, 2.05) is 0 Å². The van der Waals surface area contributed by atoms with Gasteiger partial charge in [-0.3, -0.25) is 0 Å². The number of piperidine rings is 1. The fourth-order valence-electron chi connectivity index (χ4n) is 2.32. The molecule has 0 spiro atoms. The molecule has 0 aromatic heterocycles. The number of methoxy groups -OCH3 is 1. The van der Waals surface area contributed by atoms with E-state index >= 15 is 0 Å². The lowest BCUT2D eigenvalue weighted by molar-refractivity contribution is 0.0697. The van der Waals surface area contributed by atoms with Crippen molar-refractivity contribution in [2.75, 3.05) is 25.1 Å². The van der Waals surface area contributed by atoms with Crippen LogP contribution in [0, 0.1) is 5.92 Å². The first kappa shape index (κ1) is 12.7. The summed E-state index contributed by atoms with van der Waals surface area (Å²) < 4.78 is 5.33. The summed E-state index contributed by atoms with van der Waals surface area (Å²) in [6, 6.07) is 5.02. The molecule has 4 heteroatoms. The van der Waals surface area contributed by atoms with Gasteiger partial charge in [0.2, 0.25) is 0 Å². The molecule has 0 amide bonds. The number of aromatic carboxylic acids is 1. The summed E-state index contributed by atoms with van der Waals surface area (Å²) in [6.45, 7) is 4.17. The molecule has 1 aliphatic heterocycles. The SMILES string of the molecule is COc1ccc(C(=O)O)cc1N1CCC(C)CC1. The molecule has 1 N–H and O–H groups in total. The number of carboxylic acid groups (broad SMARTS) is 1. The molecule has 0 unspecified atom stereocenters. The molecule has 98 valence electrons. The Bertz CT molecular complexity index is 437. The van der Waals surface area contributed by atoms with Crippen LogP contribution in [0.15, 0.2) is 18.2 Å². The lowest BCUT2D eigenvalue weighted by Gasteiger charge is -2.33. The molecule has 18 heavy (non-hydrogen) atoms. The van der Waals surface area contributed by atoms with Crippen molar-refractivity contribution in [2.24, 2.45) is 5.92 Å². The summed E-state index contributed by atoms with van der Waals surface area (Å²) in [6.07, 6.45) is 2.28. The van der Waals surface area contributed by atoms with E-state index in [4.69, 9.17) is 9.84 Å². The van der Waals surface area contributed by atoms with Crippen LogP contribution in [0.2, 0.25) is 0 Å². The summed E-state index contributed by atoms with van der Waals surface area (Å²) in [5, 5.41) is 9.05. The van der Waals surface area contributed by atoms with Crippen LogP contribution in [0.25, 0.3) is 0 Å². The minimum absolute atomic E-state index is 0.310. The van der Waals surface area contributed by atoms with E-state index in [1.54, 1.807) is 25.3 Å². The van der Waals surface area contributed by atoms with E-state index in [1.165, 1.54) is 0 Å². The highest BCUT2D eigenvalue weighted by Crippen LogP contribution is 2.32. The zero-order valence-corrected chi connectivity index (χ0v) is 10.8. The highest BCUT2D eigenvalue weighted by atomic mass is 16.5. The highest BCUT2D eigenvalue weighted by molar-refractivity contribution is 5.89. The molecule has 1 aliphatic rings. The summed E-state index contributed by atoms with van der Waals surface area (Å²) in [5.74, 6) is 0.591. The van der Waals surface area contributed by atoms with Crippen LogP contribution >= 0.6 is 0 Å². The molecule has 1 fully saturated rings.